The Bertz CT molecular complexity index is 610. The summed E-state index contributed by atoms with van der Waals surface area (Å²) in [5.41, 5.74) is 4.09. The fourth-order valence-corrected chi connectivity index (χ4v) is 5.00. The summed E-state index contributed by atoms with van der Waals surface area (Å²) in [6.07, 6.45) is 11.5. The number of ketones is 2. The van der Waals surface area contributed by atoms with E-state index in [4.69, 9.17) is 0 Å². The maximum absolute atomic E-state index is 12.2. The molecule has 102 valence electrons. The van der Waals surface area contributed by atoms with Gasteiger partial charge < -0.3 is 0 Å². The summed E-state index contributed by atoms with van der Waals surface area (Å²) in [6, 6.07) is 0. The maximum Gasteiger partial charge on any atom is 0.178 e. The fourth-order valence-electron chi connectivity index (χ4n) is 5.00. The highest BCUT2D eigenvalue weighted by atomic mass is 16.1. The highest BCUT2D eigenvalue weighted by Crippen LogP contribution is 2.60. The third-order valence-electron chi connectivity index (χ3n) is 6.13. The van der Waals surface area contributed by atoms with Crippen molar-refractivity contribution in [3.8, 4) is 0 Å². The molecule has 0 heterocycles. The molecule has 0 spiro atoms. The summed E-state index contributed by atoms with van der Waals surface area (Å²) >= 11 is 0. The van der Waals surface area contributed by atoms with Crippen molar-refractivity contribution >= 4 is 19.4 Å². The van der Waals surface area contributed by atoms with Crippen molar-refractivity contribution in [2.24, 2.45) is 11.8 Å². The lowest BCUT2D eigenvalue weighted by molar-refractivity contribution is -0.121. The largest absolute Gasteiger partial charge is 0.300 e. The lowest BCUT2D eigenvalue weighted by Crippen LogP contribution is -2.37. The minimum Gasteiger partial charge on any atom is -0.300 e. The topological polar surface area (TPSA) is 34.1 Å². The average molecular weight is 266 g/mol. The van der Waals surface area contributed by atoms with Crippen LogP contribution in [0.5, 0.6) is 0 Å². The molecule has 1 unspecified atom stereocenters. The van der Waals surface area contributed by atoms with Crippen molar-refractivity contribution in [1.82, 2.24) is 0 Å². The molecular weight excluding hydrogens is 247 g/mol. The number of allylic oxidation sites excluding steroid dienone is 6. The number of hydrogen-bond donors (Lipinski definition) is 0. The zero-order chi connectivity index (χ0) is 13.9. The Kier molecular flexibility index (Phi) is 2.51. The van der Waals surface area contributed by atoms with Crippen LogP contribution in [0.2, 0.25) is 5.31 Å². The molecule has 2 saturated carbocycles. The molecule has 20 heavy (non-hydrogen) atoms. The van der Waals surface area contributed by atoms with Crippen LogP contribution in [0.15, 0.2) is 34.9 Å². The summed E-state index contributed by atoms with van der Waals surface area (Å²) in [6.45, 7) is 0. The van der Waals surface area contributed by atoms with Crippen molar-refractivity contribution in [3.63, 3.8) is 0 Å². The van der Waals surface area contributed by atoms with Gasteiger partial charge in [0.15, 0.2) is 5.78 Å². The first-order valence-corrected chi connectivity index (χ1v) is 7.79. The van der Waals surface area contributed by atoms with E-state index in [9.17, 15) is 9.59 Å². The second kappa shape index (κ2) is 4.06. The predicted molar refractivity (Wildman–Crippen MR) is 80.2 cm³/mol. The van der Waals surface area contributed by atoms with Crippen LogP contribution in [-0.4, -0.2) is 19.4 Å². The molecule has 0 amide bonds. The SMILES string of the molecule is BC12CCC3=C4C=CC(=O)C=C4CC[C@H]3[C@@H]1CCC2=O. The van der Waals surface area contributed by atoms with Gasteiger partial charge in [0.1, 0.15) is 13.6 Å². The minimum absolute atomic E-state index is 0.0653. The van der Waals surface area contributed by atoms with E-state index in [1.165, 1.54) is 16.7 Å². The lowest BCUT2D eigenvalue weighted by atomic mass is 9.49. The first kappa shape index (κ1) is 12.4. The molecule has 2 nitrogen and oxygen atoms in total. The van der Waals surface area contributed by atoms with Gasteiger partial charge in [0.05, 0.1) is 0 Å². The molecule has 0 saturated heterocycles. The highest BCUT2D eigenvalue weighted by molar-refractivity contribution is 6.29. The van der Waals surface area contributed by atoms with Crippen LogP contribution in [0.3, 0.4) is 0 Å². The Hall–Kier alpha value is -1.38. The van der Waals surface area contributed by atoms with E-state index in [1.54, 1.807) is 6.08 Å². The van der Waals surface area contributed by atoms with Crippen LogP contribution >= 0.6 is 0 Å². The predicted octanol–water partition coefficient (Wildman–Crippen LogP) is 2.32. The Balaban J connectivity index is 1.78. The van der Waals surface area contributed by atoms with Crippen LogP contribution in [0, 0.1) is 11.8 Å². The molecule has 0 radical (unpaired) electrons. The summed E-state index contributed by atoms with van der Waals surface area (Å²) in [4.78, 5) is 23.8. The third kappa shape index (κ3) is 1.52. The van der Waals surface area contributed by atoms with Crippen molar-refractivity contribution in [2.75, 3.05) is 0 Å². The van der Waals surface area contributed by atoms with Gasteiger partial charge in [-0.15, -0.1) is 0 Å². The molecule has 4 rings (SSSR count). The lowest BCUT2D eigenvalue weighted by Gasteiger charge is -2.45. The van der Waals surface area contributed by atoms with Crippen LogP contribution in [0.25, 0.3) is 0 Å². The van der Waals surface area contributed by atoms with Gasteiger partial charge in [-0.3, -0.25) is 9.59 Å². The van der Waals surface area contributed by atoms with Crippen molar-refractivity contribution in [3.05, 3.63) is 34.9 Å². The summed E-state index contributed by atoms with van der Waals surface area (Å²) in [5, 5.41) is -0.0653. The van der Waals surface area contributed by atoms with E-state index < -0.39 is 0 Å². The van der Waals surface area contributed by atoms with Crippen LogP contribution in [-0.2, 0) is 9.59 Å². The third-order valence-corrected chi connectivity index (χ3v) is 6.13. The van der Waals surface area contributed by atoms with Gasteiger partial charge in [0, 0.05) is 11.7 Å². The quantitative estimate of drug-likeness (QED) is 0.630. The average Bonchev–Trinajstić information content (AvgIpc) is 2.74. The smallest absolute Gasteiger partial charge is 0.178 e. The molecule has 2 fully saturated rings. The number of carbonyl (C=O) groups excluding carboxylic acids is 2. The molecule has 3 atom stereocenters. The number of fused-ring (bicyclic) bond motifs is 4. The van der Waals surface area contributed by atoms with Crippen LogP contribution in [0.1, 0.15) is 38.5 Å². The first-order valence-electron chi connectivity index (χ1n) is 7.79. The first-order chi connectivity index (χ1) is 9.59. The zero-order valence-corrected chi connectivity index (χ0v) is 11.9. The Morgan fingerprint density at radius 1 is 1.10 bits per heavy atom. The van der Waals surface area contributed by atoms with Gasteiger partial charge in [-0.2, -0.15) is 0 Å². The van der Waals surface area contributed by atoms with Crippen molar-refractivity contribution in [2.45, 2.75) is 43.8 Å². The second-order valence-electron chi connectivity index (χ2n) is 6.98. The van der Waals surface area contributed by atoms with Gasteiger partial charge in [0.2, 0.25) is 0 Å². The van der Waals surface area contributed by atoms with Crippen molar-refractivity contribution in [1.29, 1.82) is 0 Å². The fraction of sp³-hybridized carbons (Fsp3) is 0.529. The van der Waals surface area contributed by atoms with Gasteiger partial charge >= 0.3 is 0 Å². The van der Waals surface area contributed by atoms with Gasteiger partial charge in [-0.25, -0.2) is 0 Å². The molecule has 0 aromatic heterocycles. The molecule has 4 aliphatic rings. The molecule has 0 bridgehead atoms. The molecule has 3 heteroatoms. The number of carbonyl (C=O) groups is 2. The normalized spacial score (nSPS) is 39.3. The molecule has 0 aromatic rings. The highest BCUT2D eigenvalue weighted by Gasteiger charge is 2.52. The summed E-state index contributed by atoms with van der Waals surface area (Å²) < 4.78 is 0. The number of hydrogen-bond acceptors (Lipinski definition) is 2. The maximum atomic E-state index is 12.2. The van der Waals surface area contributed by atoms with Crippen LogP contribution in [0.4, 0.5) is 0 Å². The van der Waals surface area contributed by atoms with E-state index in [2.05, 4.69) is 7.85 Å². The number of rotatable bonds is 0. The second-order valence-corrected chi connectivity index (χ2v) is 6.98. The molecule has 0 aliphatic heterocycles. The van der Waals surface area contributed by atoms with E-state index in [0.717, 1.165) is 38.5 Å². The van der Waals surface area contributed by atoms with E-state index in [1.807, 2.05) is 12.2 Å². The van der Waals surface area contributed by atoms with Crippen molar-refractivity contribution < 1.29 is 9.59 Å². The summed E-state index contributed by atoms with van der Waals surface area (Å²) in [7, 11) is 2.19. The van der Waals surface area contributed by atoms with Gasteiger partial charge in [-0.05, 0) is 67.2 Å². The van der Waals surface area contributed by atoms with Gasteiger partial charge in [0.25, 0.3) is 0 Å². The Labute approximate surface area is 120 Å². The minimum atomic E-state index is -0.0653. The monoisotopic (exact) mass is 266 g/mol. The molecular formula is C17H19BO2. The molecule has 4 aliphatic carbocycles. The Morgan fingerprint density at radius 2 is 1.95 bits per heavy atom. The Morgan fingerprint density at radius 3 is 2.80 bits per heavy atom. The molecule has 0 aromatic carbocycles. The zero-order valence-electron chi connectivity index (χ0n) is 11.9. The van der Waals surface area contributed by atoms with Gasteiger partial charge in [-0.1, -0.05) is 11.6 Å². The van der Waals surface area contributed by atoms with E-state index in [-0.39, 0.29) is 11.1 Å². The number of Topliss-reactive ketones (excluding diaryl/α,β-unsaturated/α-hetero) is 1. The van der Waals surface area contributed by atoms with E-state index in [0.29, 0.717) is 17.6 Å². The summed E-state index contributed by atoms with van der Waals surface area (Å²) in [5.74, 6) is 1.73. The standard InChI is InChI=1S/C17H19BO2/c18-17-8-7-13-12-4-2-11(19)9-10(12)1-3-14(13)15(17)5-6-16(17)20/h2,4,9,14-15H,1,3,5-8,18H2/t14-,15+,17?/m1/s1. The molecule has 0 N–H and O–H groups in total. The van der Waals surface area contributed by atoms with E-state index >= 15 is 0 Å². The van der Waals surface area contributed by atoms with Crippen LogP contribution < -0.4 is 0 Å².